The monoisotopic (exact) mass is 279 g/mol. The van der Waals surface area contributed by atoms with E-state index in [-0.39, 0.29) is 16.7 Å². The van der Waals surface area contributed by atoms with E-state index >= 15 is 0 Å². The highest BCUT2D eigenvalue weighted by Crippen LogP contribution is 2.20. The second-order valence-corrected chi connectivity index (χ2v) is 6.58. The van der Waals surface area contributed by atoms with E-state index in [1.807, 2.05) is 13.8 Å². The molecule has 1 heterocycles. The Kier molecular flexibility index (Phi) is 5.79. The van der Waals surface area contributed by atoms with E-state index in [2.05, 4.69) is 15.5 Å². The molecule has 0 saturated carbocycles. The predicted molar refractivity (Wildman–Crippen MR) is 67.2 cm³/mol. The summed E-state index contributed by atoms with van der Waals surface area (Å²) in [7, 11) is -3.36. The minimum atomic E-state index is -3.36. The average molecular weight is 279 g/mol. The zero-order valence-corrected chi connectivity index (χ0v) is 11.6. The molecule has 0 saturated heterocycles. The number of aromatic nitrogens is 2. The van der Waals surface area contributed by atoms with Gasteiger partial charge in [-0.1, -0.05) is 18.3 Å². The van der Waals surface area contributed by atoms with Gasteiger partial charge in [0, 0.05) is 13.2 Å². The van der Waals surface area contributed by atoms with Crippen molar-refractivity contribution in [2.75, 3.05) is 30.8 Å². The molecule has 1 rings (SSSR count). The van der Waals surface area contributed by atoms with E-state index in [4.69, 9.17) is 4.74 Å². The van der Waals surface area contributed by atoms with Crippen LogP contribution in [0.5, 0.6) is 0 Å². The first-order valence-corrected chi connectivity index (χ1v) is 7.95. The molecule has 0 aliphatic heterocycles. The Bertz CT molecular complexity index is 430. The lowest BCUT2D eigenvalue weighted by molar-refractivity contribution is 0.163. The molecule has 0 unspecified atom stereocenters. The molecular weight excluding hydrogens is 262 g/mol. The fourth-order valence-corrected chi connectivity index (χ4v) is 3.21. The van der Waals surface area contributed by atoms with E-state index in [9.17, 15) is 8.42 Å². The Morgan fingerprint density at radius 3 is 2.76 bits per heavy atom. The molecule has 8 heteroatoms. The Hall–Kier alpha value is -0.730. The number of ether oxygens (including phenoxy) is 1. The van der Waals surface area contributed by atoms with Crippen LogP contribution in [0.1, 0.15) is 20.3 Å². The zero-order chi connectivity index (χ0) is 12.7. The van der Waals surface area contributed by atoms with Gasteiger partial charge >= 0.3 is 0 Å². The first-order valence-electron chi connectivity index (χ1n) is 5.48. The lowest BCUT2D eigenvalue weighted by Gasteiger charge is -2.00. The molecule has 17 heavy (non-hydrogen) atoms. The van der Waals surface area contributed by atoms with Crippen LogP contribution in [0, 0.1) is 0 Å². The normalized spacial score (nSPS) is 11.6. The van der Waals surface area contributed by atoms with Crippen molar-refractivity contribution in [1.29, 1.82) is 0 Å². The number of nitrogens with one attached hydrogen (secondary N) is 1. The summed E-state index contributed by atoms with van der Waals surface area (Å²) in [6, 6.07) is 0. The van der Waals surface area contributed by atoms with Crippen LogP contribution in [0.2, 0.25) is 0 Å². The summed E-state index contributed by atoms with van der Waals surface area (Å²) in [6.07, 6.45) is 0.950. The lowest BCUT2D eigenvalue weighted by atomic mass is 10.5. The van der Waals surface area contributed by atoms with Gasteiger partial charge in [-0.3, -0.25) is 0 Å². The van der Waals surface area contributed by atoms with E-state index < -0.39 is 9.84 Å². The second-order valence-electron chi connectivity index (χ2n) is 3.32. The molecule has 0 spiro atoms. The minimum absolute atomic E-state index is 0.0517. The van der Waals surface area contributed by atoms with E-state index in [1.165, 1.54) is 0 Å². The molecule has 98 valence electrons. The van der Waals surface area contributed by atoms with Gasteiger partial charge in [-0.2, -0.15) is 0 Å². The number of anilines is 1. The maximum absolute atomic E-state index is 11.8. The molecule has 0 aliphatic carbocycles. The van der Waals surface area contributed by atoms with Crippen LogP contribution >= 0.6 is 11.3 Å². The third kappa shape index (κ3) is 4.57. The first kappa shape index (κ1) is 14.3. The van der Waals surface area contributed by atoms with Crippen molar-refractivity contribution in [2.45, 2.75) is 24.6 Å². The molecule has 0 fully saturated rings. The first-order chi connectivity index (χ1) is 8.10. The molecule has 0 atom stereocenters. The van der Waals surface area contributed by atoms with Gasteiger partial charge in [-0.15, -0.1) is 10.2 Å². The van der Waals surface area contributed by atoms with Gasteiger partial charge in [0.25, 0.3) is 0 Å². The standard InChI is InChI=1S/C9H17N3O3S2/c1-3-5-10-8-11-12-9(16-8)17(13,14)7-6-15-4-2/h3-7H2,1-2H3,(H,10,11). The van der Waals surface area contributed by atoms with Gasteiger partial charge in [0.2, 0.25) is 19.3 Å². The number of hydrogen-bond donors (Lipinski definition) is 1. The Balaban J connectivity index is 2.61. The quantitative estimate of drug-likeness (QED) is 0.719. The summed E-state index contributed by atoms with van der Waals surface area (Å²) in [6.45, 7) is 5.30. The number of sulfone groups is 1. The topological polar surface area (TPSA) is 81.2 Å². The van der Waals surface area contributed by atoms with Crippen LogP contribution in [0.3, 0.4) is 0 Å². The van der Waals surface area contributed by atoms with Crippen LogP contribution in [-0.4, -0.2) is 44.1 Å². The highest BCUT2D eigenvalue weighted by molar-refractivity contribution is 7.93. The van der Waals surface area contributed by atoms with Crippen molar-refractivity contribution in [3.05, 3.63) is 0 Å². The Labute approximate surface area is 105 Å². The lowest BCUT2D eigenvalue weighted by Crippen LogP contribution is -2.12. The molecule has 0 amide bonds. The Morgan fingerprint density at radius 1 is 1.35 bits per heavy atom. The summed E-state index contributed by atoms with van der Waals surface area (Å²) in [5, 5.41) is 11.0. The number of rotatable bonds is 8. The molecule has 1 aromatic rings. The van der Waals surface area contributed by atoms with Crippen LogP contribution in [0.4, 0.5) is 5.13 Å². The van der Waals surface area contributed by atoms with Gasteiger partial charge in [-0.05, 0) is 13.3 Å². The molecule has 0 aliphatic rings. The Morgan fingerprint density at radius 2 is 2.12 bits per heavy atom. The summed E-state index contributed by atoms with van der Waals surface area (Å²) in [5.74, 6) is -0.0523. The van der Waals surface area contributed by atoms with Crippen molar-refractivity contribution < 1.29 is 13.2 Å². The maximum atomic E-state index is 11.8. The predicted octanol–water partition coefficient (Wildman–Crippen LogP) is 1.17. The van der Waals surface area contributed by atoms with Crippen LogP contribution in [-0.2, 0) is 14.6 Å². The summed E-state index contributed by atoms with van der Waals surface area (Å²) < 4.78 is 28.7. The zero-order valence-electron chi connectivity index (χ0n) is 9.97. The number of nitrogens with zero attached hydrogens (tertiary/aromatic N) is 2. The SMILES string of the molecule is CCCNc1nnc(S(=O)(=O)CCOCC)s1. The van der Waals surface area contributed by atoms with Crippen molar-refractivity contribution >= 4 is 26.3 Å². The molecule has 0 radical (unpaired) electrons. The summed E-state index contributed by atoms with van der Waals surface area (Å²) >= 11 is 1.06. The molecular formula is C9H17N3O3S2. The molecule has 0 aromatic carbocycles. The van der Waals surface area contributed by atoms with Gasteiger partial charge in [0.1, 0.15) is 0 Å². The van der Waals surface area contributed by atoms with Crippen molar-refractivity contribution in [3.63, 3.8) is 0 Å². The third-order valence-electron chi connectivity index (χ3n) is 1.90. The maximum Gasteiger partial charge on any atom is 0.234 e. The van der Waals surface area contributed by atoms with E-state index in [1.54, 1.807) is 0 Å². The average Bonchev–Trinajstić information content (AvgIpc) is 2.76. The van der Waals surface area contributed by atoms with Crippen molar-refractivity contribution in [2.24, 2.45) is 0 Å². The van der Waals surface area contributed by atoms with Crippen LogP contribution in [0.15, 0.2) is 4.34 Å². The van der Waals surface area contributed by atoms with Crippen LogP contribution in [0.25, 0.3) is 0 Å². The van der Waals surface area contributed by atoms with Gasteiger partial charge in [0.05, 0.1) is 12.4 Å². The molecule has 1 aromatic heterocycles. The van der Waals surface area contributed by atoms with Crippen LogP contribution < -0.4 is 5.32 Å². The molecule has 6 nitrogen and oxygen atoms in total. The largest absolute Gasteiger partial charge is 0.381 e. The molecule has 0 bridgehead atoms. The van der Waals surface area contributed by atoms with Gasteiger partial charge in [-0.25, -0.2) is 8.42 Å². The number of hydrogen-bond acceptors (Lipinski definition) is 7. The highest BCUT2D eigenvalue weighted by atomic mass is 32.2. The summed E-state index contributed by atoms with van der Waals surface area (Å²) in [4.78, 5) is 0. The third-order valence-corrected chi connectivity index (χ3v) is 4.90. The fourth-order valence-electron chi connectivity index (χ4n) is 1.04. The smallest absolute Gasteiger partial charge is 0.234 e. The highest BCUT2D eigenvalue weighted by Gasteiger charge is 2.19. The van der Waals surface area contributed by atoms with Gasteiger partial charge in [0.15, 0.2) is 0 Å². The second kappa shape index (κ2) is 6.87. The van der Waals surface area contributed by atoms with E-state index in [0.29, 0.717) is 11.7 Å². The minimum Gasteiger partial charge on any atom is -0.381 e. The molecule has 1 N–H and O–H groups in total. The van der Waals surface area contributed by atoms with E-state index in [0.717, 1.165) is 24.3 Å². The van der Waals surface area contributed by atoms with Gasteiger partial charge < -0.3 is 10.1 Å². The van der Waals surface area contributed by atoms with Crippen molar-refractivity contribution in [3.8, 4) is 0 Å². The fraction of sp³-hybridized carbons (Fsp3) is 0.778. The van der Waals surface area contributed by atoms with Crippen molar-refractivity contribution in [1.82, 2.24) is 10.2 Å². The summed E-state index contributed by atoms with van der Waals surface area (Å²) in [5.41, 5.74) is 0.